The summed E-state index contributed by atoms with van der Waals surface area (Å²) in [4.78, 5) is 15.5. The Labute approximate surface area is 124 Å². The summed E-state index contributed by atoms with van der Waals surface area (Å²) in [5.41, 5.74) is 1.15. The van der Waals surface area contributed by atoms with Gasteiger partial charge in [0.05, 0.1) is 17.2 Å². The number of carbonyl (C=O) groups is 1. The summed E-state index contributed by atoms with van der Waals surface area (Å²) in [5.74, 6) is -1.16. The molecule has 0 saturated carbocycles. The van der Waals surface area contributed by atoms with E-state index >= 15 is 0 Å². The third-order valence-corrected chi connectivity index (χ3v) is 3.48. The molecule has 2 aromatic carbocycles. The molecule has 3 nitrogen and oxygen atoms in total. The van der Waals surface area contributed by atoms with Crippen molar-refractivity contribution in [2.45, 2.75) is 0 Å². The fourth-order valence-corrected chi connectivity index (χ4v) is 2.45. The molecule has 0 radical (unpaired) electrons. The van der Waals surface area contributed by atoms with Gasteiger partial charge < -0.3 is 4.98 Å². The van der Waals surface area contributed by atoms with Crippen LogP contribution in [0.5, 0.6) is 0 Å². The number of hydrogen-bond donors (Lipinski definition) is 1. The molecule has 1 heterocycles. The van der Waals surface area contributed by atoms with Crippen LogP contribution >= 0.6 is 11.6 Å². The number of rotatable bonds is 2. The quantitative estimate of drug-likeness (QED) is 0.725. The highest BCUT2D eigenvalue weighted by Gasteiger charge is 2.19. The van der Waals surface area contributed by atoms with Crippen LogP contribution in [0.15, 0.2) is 42.6 Å². The summed E-state index contributed by atoms with van der Waals surface area (Å²) >= 11 is 5.82. The van der Waals surface area contributed by atoms with Gasteiger partial charge in [-0.25, -0.2) is 4.39 Å². The molecule has 0 bridgehead atoms. The third kappa shape index (κ3) is 2.18. The molecule has 0 aliphatic rings. The van der Waals surface area contributed by atoms with E-state index in [-0.39, 0.29) is 16.1 Å². The number of ketones is 1. The molecule has 3 aromatic rings. The van der Waals surface area contributed by atoms with Crippen molar-refractivity contribution in [3.05, 3.63) is 70.1 Å². The average Bonchev–Trinajstić information content (AvgIpc) is 2.93. The first-order valence-corrected chi connectivity index (χ1v) is 6.49. The minimum Gasteiger partial charge on any atom is -0.360 e. The lowest BCUT2D eigenvalue weighted by Gasteiger charge is -2.03. The maximum absolute atomic E-state index is 13.8. The Bertz CT molecular complexity index is 908. The Kier molecular flexibility index (Phi) is 3.20. The Morgan fingerprint density at radius 3 is 2.81 bits per heavy atom. The van der Waals surface area contributed by atoms with Gasteiger partial charge in [-0.05, 0) is 30.3 Å². The molecule has 0 aliphatic carbocycles. The van der Waals surface area contributed by atoms with E-state index in [1.165, 1.54) is 18.3 Å². The van der Waals surface area contributed by atoms with E-state index in [9.17, 15) is 9.18 Å². The fraction of sp³-hybridized carbons (Fsp3) is 0. The molecule has 0 fully saturated rings. The van der Waals surface area contributed by atoms with Gasteiger partial charge in [-0.3, -0.25) is 4.79 Å². The highest BCUT2D eigenvalue weighted by Crippen LogP contribution is 2.26. The van der Waals surface area contributed by atoms with E-state index in [4.69, 9.17) is 16.9 Å². The van der Waals surface area contributed by atoms with Crippen molar-refractivity contribution in [1.29, 1.82) is 5.26 Å². The van der Waals surface area contributed by atoms with Gasteiger partial charge in [-0.15, -0.1) is 0 Å². The zero-order valence-corrected chi connectivity index (χ0v) is 11.4. The molecule has 3 rings (SSSR count). The summed E-state index contributed by atoms with van der Waals surface area (Å²) in [5, 5.41) is 9.93. The standard InChI is InChI=1S/C16H8ClFN2O/c17-10-4-5-13(18)11(6-10)16(21)12-8-20-14-3-1-2-9(7-19)15(12)14/h1-6,8,20H. The van der Waals surface area contributed by atoms with Gasteiger partial charge in [0.2, 0.25) is 0 Å². The van der Waals surface area contributed by atoms with Crippen LogP contribution in [-0.2, 0) is 0 Å². The molecule has 1 N–H and O–H groups in total. The summed E-state index contributed by atoms with van der Waals surface area (Å²) in [7, 11) is 0. The molecule has 0 aliphatic heterocycles. The predicted molar refractivity (Wildman–Crippen MR) is 77.9 cm³/mol. The van der Waals surface area contributed by atoms with Crippen LogP contribution < -0.4 is 0 Å². The van der Waals surface area contributed by atoms with Gasteiger partial charge in [-0.2, -0.15) is 5.26 Å². The molecule has 0 spiro atoms. The second-order valence-electron chi connectivity index (χ2n) is 4.50. The monoisotopic (exact) mass is 298 g/mol. The zero-order valence-electron chi connectivity index (χ0n) is 10.7. The fourth-order valence-electron chi connectivity index (χ4n) is 2.27. The molecular weight excluding hydrogens is 291 g/mol. The number of nitrogens with one attached hydrogen (secondary N) is 1. The number of benzene rings is 2. The number of halogens is 2. The Morgan fingerprint density at radius 2 is 2.05 bits per heavy atom. The van der Waals surface area contributed by atoms with Crippen molar-refractivity contribution < 1.29 is 9.18 Å². The SMILES string of the molecule is N#Cc1cccc2[nH]cc(C(=O)c3cc(Cl)ccc3F)c12. The average molecular weight is 299 g/mol. The van der Waals surface area contributed by atoms with Gasteiger partial charge in [-0.1, -0.05) is 17.7 Å². The molecule has 0 unspecified atom stereocenters. The van der Waals surface area contributed by atoms with Gasteiger partial charge in [0.25, 0.3) is 0 Å². The van der Waals surface area contributed by atoms with Crippen LogP contribution in [-0.4, -0.2) is 10.8 Å². The lowest BCUT2D eigenvalue weighted by molar-refractivity contribution is 0.103. The lowest BCUT2D eigenvalue weighted by Crippen LogP contribution is -2.04. The molecular formula is C16H8ClFN2O. The Balaban J connectivity index is 2.24. The topological polar surface area (TPSA) is 56.6 Å². The van der Waals surface area contributed by atoms with Crippen LogP contribution in [0.2, 0.25) is 5.02 Å². The number of aromatic amines is 1. The van der Waals surface area contributed by atoms with E-state index in [2.05, 4.69) is 4.98 Å². The summed E-state index contributed by atoms with van der Waals surface area (Å²) in [6.07, 6.45) is 1.48. The van der Waals surface area contributed by atoms with E-state index in [0.29, 0.717) is 16.5 Å². The number of H-pyrrole nitrogens is 1. The number of aromatic nitrogens is 1. The third-order valence-electron chi connectivity index (χ3n) is 3.24. The Morgan fingerprint density at radius 1 is 1.24 bits per heavy atom. The van der Waals surface area contributed by atoms with Crippen molar-refractivity contribution >= 4 is 28.3 Å². The summed E-state index contributed by atoms with van der Waals surface area (Å²) in [6, 6.07) is 10.9. The highest BCUT2D eigenvalue weighted by atomic mass is 35.5. The van der Waals surface area contributed by atoms with E-state index in [1.54, 1.807) is 18.2 Å². The van der Waals surface area contributed by atoms with Crippen molar-refractivity contribution in [3.8, 4) is 6.07 Å². The smallest absolute Gasteiger partial charge is 0.198 e. The van der Waals surface area contributed by atoms with Crippen LogP contribution in [0.1, 0.15) is 21.5 Å². The van der Waals surface area contributed by atoms with Crippen molar-refractivity contribution in [1.82, 2.24) is 4.98 Å². The number of hydrogen-bond acceptors (Lipinski definition) is 2. The van der Waals surface area contributed by atoms with Crippen molar-refractivity contribution in [2.75, 3.05) is 0 Å². The van der Waals surface area contributed by atoms with Crippen LogP contribution in [0.4, 0.5) is 4.39 Å². The zero-order chi connectivity index (χ0) is 15.0. The van der Waals surface area contributed by atoms with E-state index in [0.717, 1.165) is 6.07 Å². The number of nitrogens with zero attached hydrogens (tertiary/aromatic N) is 1. The largest absolute Gasteiger partial charge is 0.360 e. The van der Waals surface area contributed by atoms with Crippen molar-refractivity contribution in [2.24, 2.45) is 0 Å². The van der Waals surface area contributed by atoms with Crippen LogP contribution in [0, 0.1) is 17.1 Å². The number of fused-ring (bicyclic) bond motifs is 1. The predicted octanol–water partition coefficient (Wildman–Crippen LogP) is 4.06. The van der Waals surface area contributed by atoms with Crippen LogP contribution in [0.3, 0.4) is 0 Å². The molecule has 21 heavy (non-hydrogen) atoms. The van der Waals surface area contributed by atoms with E-state index in [1.807, 2.05) is 6.07 Å². The number of carbonyl (C=O) groups excluding carboxylic acids is 1. The van der Waals surface area contributed by atoms with Gasteiger partial charge in [0.1, 0.15) is 5.82 Å². The minimum absolute atomic E-state index is 0.115. The molecule has 1 aromatic heterocycles. The van der Waals surface area contributed by atoms with E-state index < -0.39 is 11.6 Å². The number of nitriles is 1. The maximum Gasteiger partial charge on any atom is 0.198 e. The van der Waals surface area contributed by atoms with Gasteiger partial charge in [0, 0.05) is 27.7 Å². The highest BCUT2D eigenvalue weighted by molar-refractivity contribution is 6.31. The van der Waals surface area contributed by atoms with Gasteiger partial charge in [0.15, 0.2) is 5.78 Å². The minimum atomic E-state index is -0.645. The summed E-state index contributed by atoms with van der Waals surface area (Å²) < 4.78 is 13.8. The molecule has 0 atom stereocenters. The van der Waals surface area contributed by atoms with Gasteiger partial charge >= 0.3 is 0 Å². The first kappa shape index (κ1) is 13.3. The first-order chi connectivity index (χ1) is 10.1. The second kappa shape index (κ2) is 5.04. The molecule has 5 heteroatoms. The molecule has 0 saturated heterocycles. The first-order valence-electron chi connectivity index (χ1n) is 6.12. The molecule has 102 valence electrons. The lowest BCUT2D eigenvalue weighted by atomic mass is 9.99. The van der Waals surface area contributed by atoms with Crippen LogP contribution in [0.25, 0.3) is 10.9 Å². The Hall–Kier alpha value is -2.64. The van der Waals surface area contributed by atoms with Crippen molar-refractivity contribution in [3.63, 3.8) is 0 Å². The maximum atomic E-state index is 13.8. The molecule has 0 amide bonds. The normalized spacial score (nSPS) is 10.5. The summed E-state index contributed by atoms with van der Waals surface area (Å²) in [6.45, 7) is 0. The second-order valence-corrected chi connectivity index (χ2v) is 4.93.